The molecule has 3 amide bonds. The lowest BCUT2D eigenvalue weighted by Crippen LogP contribution is -2.66. The number of hydrogen-bond donors (Lipinski definition) is 2. The van der Waals surface area contributed by atoms with Gasteiger partial charge in [0.05, 0.1) is 30.2 Å². The molecule has 3 aliphatic rings. The molecule has 51 heavy (non-hydrogen) atoms. The Hall–Kier alpha value is -5.27. The lowest BCUT2D eigenvalue weighted by molar-refractivity contribution is -0.186. The lowest BCUT2D eigenvalue weighted by Gasteiger charge is -2.55. The molecule has 2 saturated heterocycles. The summed E-state index contributed by atoms with van der Waals surface area (Å²) in [6.07, 6.45) is -4.36. The number of ether oxygens (including phenoxy) is 1. The number of nitrogens with zero attached hydrogens (tertiary/aromatic N) is 4. The van der Waals surface area contributed by atoms with Crippen LogP contribution in [0.3, 0.4) is 0 Å². The number of aromatic nitrogens is 2. The number of anilines is 2. The molecule has 0 radical (unpaired) electrons. The molecule has 0 saturated carbocycles. The van der Waals surface area contributed by atoms with Crippen LogP contribution in [-0.4, -0.2) is 77.8 Å². The molecule has 1 spiro atoms. The van der Waals surface area contributed by atoms with E-state index in [2.05, 4.69) is 27.2 Å². The first kappa shape index (κ1) is 35.6. The van der Waals surface area contributed by atoms with Gasteiger partial charge in [0, 0.05) is 60.4 Å². The number of rotatable bonds is 8. The maximum atomic E-state index is 13.2. The minimum Gasteiger partial charge on any atom is -0.380 e. The minimum absolute atomic E-state index is 0.1000. The van der Waals surface area contributed by atoms with Gasteiger partial charge in [0.2, 0.25) is 0 Å². The molecule has 0 aliphatic carbocycles. The van der Waals surface area contributed by atoms with Crippen molar-refractivity contribution in [2.45, 2.75) is 32.5 Å². The number of nitrogens with one attached hydrogen (secondary N) is 2. The first-order chi connectivity index (χ1) is 24.4. The SMILES string of the molecule is C=C(CN1CC2(COC2)C1)C(=O)Nc1ccccc1.CCN1C(=O)C(NC(=O)c2cccc(C(F)(F)F)c2)Cc2c(C)nn(-c3ccccc3)c21. The number of fused-ring (bicyclic) bond motifs is 1. The van der Waals surface area contributed by atoms with E-state index in [0.29, 0.717) is 35.6 Å². The van der Waals surface area contributed by atoms with E-state index in [9.17, 15) is 27.6 Å². The van der Waals surface area contributed by atoms with Crippen LogP contribution in [0.1, 0.15) is 34.1 Å². The smallest absolute Gasteiger partial charge is 0.380 e. The predicted molar refractivity (Wildman–Crippen MR) is 187 cm³/mol. The van der Waals surface area contributed by atoms with Crippen LogP contribution in [-0.2, 0) is 26.9 Å². The van der Waals surface area contributed by atoms with Crippen molar-refractivity contribution in [1.82, 2.24) is 20.0 Å². The summed E-state index contributed by atoms with van der Waals surface area (Å²) >= 11 is 0. The fourth-order valence-electron chi connectivity index (χ4n) is 6.56. The number of halogens is 3. The van der Waals surface area contributed by atoms with Gasteiger partial charge in [0.25, 0.3) is 17.7 Å². The van der Waals surface area contributed by atoms with Gasteiger partial charge in [-0.1, -0.05) is 49.0 Å². The van der Waals surface area contributed by atoms with E-state index in [1.165, 1.54) is 12.1 Å². The molecule has 1 unspecified atom stereocenters. The van der Waals surface area contributed by atoms with Crippen molar-refractivity contribution in [3.63, 3.8) is 0 Å². The number of carbonyl (C=O) groups is 3. The lowest BCUT2D eigenvalue weighted by atomic mass is 9.78. The van der Waals surface area contributed by atoms with Crippen LogP contribution in [0.4, 0.5) is 24.7 Å². The molecular formula is C38H39F3N6O4. The van der Waals surface area contributed by atoms with Crippen LogP contribution in [0.2, 0.25) is 0 Å². The summed E-state index contributed by atoms with van der Waals surface area (Å²) in [5, 5.41) is 10.1. The number of likely N-dealkylation sites (N-methyl/N-ethyl adjacent to an activating group) is 1. The number of likely N-dealkylation sites (tertiary alicyclic amines) is 1. The third kappa shape index (κ3) is 7.74. The number of amides is 3. The van der Waals surface area contributed by atoms with Gasteiger partial charge in [-0.25, -0.2) is 4.68 Å². The second-order valence-electron chi connectivity index (χ2n) is 13.1. The molecule has 3 aromatic carbocycles. The summed E-state index contributed by atoms with van der Waals surface area (Å²) in [5.41, 5.74) is 3.05. The zero-order valence-corrected chi connectivity index (χ0v) is 28.4. The van der Waals surface area contributed by atoms with Gasteiger partial charge < -0.3 is 15.4 Å². The molecule has 10 nitrogen and oxygen atoms in total. The average molecular weight is 701 g/mol. The Bertz CT molecular complexity index is 1920. The molecule has 266 valence electrons. The quantitative estimate of drug-likeness (QED) is 0.238. The van der Waals surface area contributed by atoms with Crippen molar-refractivity contribution in [1.29, 1.82) is 0 Å². The third-order valence-corrected chi connectivity index (χ3v) is 9.16. The van der Waals surface area contributed by atoms with Gasteiger partial charge in [0.1, 0.15) is 11.9 Å². The van der Waals surface area contributed by atoms with Crippen LogP contribution < -0.4 is 15.5 Å². The second-order valence-corrected chi connectivity index (χ2v) is 13.1. The molecule has 2 fully saturated rings. The van der Waals surface area contributed by atoms with Crippen LogP contribution in [0, 0.1) is 12.3 Å². The van der Waals surface area contributed by atoms with Crippen LogP contribution in [0.15, 0.2) is 97.1 Å². The highest BCUT2D eigenvalue weighted by Gasteiger charge is 2.48. The van der Waals surface area contributed by atoms with E-state index < -0.39 is 23.7 Å². The Morgan fingerprint density at radius 2 is 1.67 bits per heavy atom. The maximum Gasteiger partial charge on any atom is 0.416 e. The molecule has 4 aromatic rings. The van der Waals surface area contributed by atoms with Gasteiger partial charge >= 0.3 is 6.18 Å². The molecule has 13 heteroatoms. The van der Waals surface area contributed by atoms with Gasteiger partial charge in [-0.2, -0.15) is 18.3 Å². The summed E-state index contributed by atoms with van der Waals surface area (Å²) in [7, 11) is 0. The third-order valence-electron chi connectivity index (χ3n) is 9.16. The van der Waals surface area contributed by atoms with Crippen LogP contribution in [0.25, 0.3) is 5.69 Å². The predicted octanol–water partition coefficient (Wildman–Crippen LogP) is 5.42. The van der Waals surface area contributed by atoms with Crippen molar-refractivity contribution in [3.8, 4) is 5.69 Å². The highest BCUT2D eigenvalue weighted by atomic mass is 19.4. The maximum absolute atomic E-state index is 13.2. The van der Waals surface area contributed by atoms with Crippen molar-refractivity contribution < 1.29 is 32.3 Å². The number of alkyl halides is 3. The van der Waals surface area contributed by atoms with Crippen molar-refractivity contribution in [2.24, 2.45) is 5.41 Å². The van der Waals surface area contributed by atoms with E-state index in [0.717, 1.165) is 55.4 Å². The Balaban J connectivity index is 0.000000200. The van der Waals surface area contributed by atoms with E-state index >= 15 is 0 Å². The van der Waals surface area contributed by atoms with E-state index in [1.807, 2.05) is 74.5 Å². The molecule has 0 bridgehead atoms. The Morgan fingerprint density at radius 3 is 2.27 bits per heavy atom. The number of benzene rings is 3. The molecule has 2 N–H and O–H groups in total. The standard InChI is InChI=1S/C23H21F3N4O2.C15H18N2O2/c1-3-29-21-18(14(2)28-30(21)17-10-5-4-6-11-17)13-19(22(29)32)27-20(31)15-8-7-9-16(12-15)23(24,25)26;1-12(7-17-8-15(9-17)10-19-11-15)14(18)16-13-5-3-2-4-6-13/h4-12,19H,3,13H2,1-2H3,(H,27,31);2-6H,1,7-11H2,(H,16,18). The summed E-state index contributed by atoms with van der Waals surface area (Å²) in [5.74, 6) is -0.526. The minimum atomic E-state index is -4.56. The Labute approximate surface area is 293 Å². The molecule has 4 heterocycles. The molecule has 1 atom stereocenters. The van der Waals surface area contributed by atoms with Gasteiger partial charge in [-0.3, -0.25) is 24.2 Å². The molecule has 1 aromatic heterocycles. The largest absolute Gasteiger partial charge is 0.416 e. The van der Waals surface area contributed by atoms with E-state index in [-0.39, 0.29) is 23.8 Å². The second kappa shape index (κ2) is 14.5. The monoisotopic (exact) mass is 700 g/mol. The average Bonchev–Trinajstić information content (AvgIpc) is 3.41. The number of carbonyl (C=O) groups excluding carboxylic acids is 3. The summed E-state index contributed by atoms with van der Waals surface area (Å²) in [4.78, 5) is 41.6. The Morgan fingerprint density at radius 1 is 1.00 bits per heavy atom. The first-order valence-corrected chi connectivity index (χ1v) is 16.6. The molecule has 7 rings (SSSR count). The zero-order valence-electron chi connectivity index (χ0n) is 28.4. The van der Waals surface area contributed by atoms with Crippen molar-refractivity contribution in [3.05, 3.63) is 119 Å². The molecule has 3 aliphatic heterocycles. The highest BCUT2D eigenvalue weighted by molar-refractivity contribution is 6.04. The number of para-hydroxylation sites is 2. The zero-order chi connectivity index (χ0) is 36.3. The van der Waals surface area contributed by atoms with E-state index in [1.54, 1.807) is 9.58 Å². The van der Waals surface area contributed by atoms with E-state index in [4.69, 9.17) is 4.74 Å². The normalized spacial score (nSPS) is 17.7. The van der Waals surface area contributed by atoms with Crippen LogP contribution >= 0.6 is 0 Å². The topological polar surface area (TPSA) is 109 Å². The summed E-state index contributed by atoms with van der Waals surface area (Å²) in [6, 6.07) is 22.1. The fourth-order valence-corrected chi connectivity index (χ4v) is 6.56. The van der Waals surface area contributed by atoms with Gasteiger partial charge in [-0.05, 0) is 56.3 Å². The summed E-state index contributed by atoms with van der Waals surface area (Å²) < 4.78 is 45.9. The number of aryl methyl sites for hydroxylation is 1. The highest BCUT2D eigenvalue weighted by Crippen LogP contribution is 2.38. The van der Waals surface area contributed by atoms with Crippen molar-refractivity contribution in [2.75, 3.05) is 49.6 Å². The fraction of sp³-hybridized carbons (Fsp3) is 0.316. The Kier molecular flexibility index (Phi) is 10.1. The first-order valence-electron chi connectivity index (χ1n) is 16.6. The van der Waals surface area contributed by atoms with Gasteiger partial charge in [0.15, 0.2) is 0 Å². The van der Waals surface area contributed by atoms with Gasteiger partial charge in [-0.15, -0.1) is 0 Å². The van der Waals surface area contributed by atoms with Crippen LogP contribution in [0.5, 0.6) is 0 Å². The molecular weight excluding hydrogens is 661 g/mol. The summed E-state index contributed by atoms with van der Waals surface area (Å²) in [6.45, 7) is 12.3. The van der Waals surface area contributed by atoms with Crippen molar-refractivity contribution >= 4 is 29.2 Å². The number of hydrogen-bond acceptors (Lipinski definition) is 6.